The maximum atomic E-state index is 4.43. The second-order valence-electron chi connectivity index (χ2n) is 3.81. The Morgan fingerprint density at radius 1 is 1.00 bits per heavy atom. The van der Waals surface area contributed by atoms with Gasteiger partial charge < -0.3 is 0 Å². The molecule has 3 rings (SSSR count). The van der Waals surface area contributed by atoms with Gasteiger partial charge in [-0.2, -0.15) is 0 Å². The Balaban J connectivity index is 1.96. The van der Waals surface area contributed by atoms with E-state index in [0.29, 0.717) is 0 Å². The first-order valence-corrected chi connectivity index (χ1v) is 6.36. The van der Waals surface area contributed by atoms with Crippen molar-refractivity contribution in [3.05, 3.63) is 64.5 Å². The zero-order chi connectivity index (χ0) is 11.5. The Kier molecular flexibility index (Phi) is 2.72. The smallest absolute Gasteiger partial charge is 0.0702 e. The molecular formula is C15H11NS. The monoisotopic (exact) mass is 237 g/mol. The highest BCUT2D eigenvalue weighted by Crippen LogP contribution is 2.16. The summed E-state index contributed by atoms with van der Waals surface area (Å²) in [6.07, 6.45) is 6.13. The summed E-state index contributed by atoms with van der Waals surface area (Å²) in [5, 5.41) is 3.26. The Morgan fingerprint density at radius 2 is 1.94 bits per heavy atom. The first kappa shape index (κ1) is 10.2. The average molecular weight is 237 g/mol. The van der Waals surface area contributed by atoms with Gasteiger partial charge in [0.2, 0.25) is 0 Å². The van der Waals surface area contributed by atoms with Crippen molar-refractivity contribution >= 4 is 34.4 Å². The fourth-order valence-electron chi connectivity index (χ4n) is 1.74. The van der Waals surface area contributed by atoms with Crippen molar-refractivity contribution in [1.29, 1.82) is 0 Å². The van der Waals surface area contributed by atoms with Crippen molar-refractivity contribution in [2.45, 2.75) is 0 Å². The third-order valence-electron chi connectivity index (χ3n) is 2.59. The van der Waals surface area contributed by atoms with Crippen molar-refractivity contribution in [2.75, 3.05) is 0 Å². The van der Waals surface area contributed by atoms with E-state index >= 15 is 0 Å². The number of aromatic nitrogens is 1. The van der Waals surface area contributed by atoms with Crippen molar-refractivity contribution in [2.24, 2.45) is 0 Å². The zero-order valence-corrected chi connectivity index (χ0v) is 10.0. The van der Waals surface area contributed by atoms with Crippen LogP contribution in [0.5, 0.6) is 0 Å². The van der Waals surface area contributed by atoms with Crippen LogP contribution >= 0.6 is 11.3 Å². The van der Waals surface area contributed by atoms with Crippen molar-refractivity contribution in [3.8, 4) is 0 Å². The first-order valence-electron chi connectivity index (χ1n) is 5.48. The molecule has 17 heavy (non-hydrogen) atoms. The lowest BCUT2D eigenvalue weighted by atomic mass is 10.1. The molecule has 82 valence electrons. The SMILES string of the molecule is C(=C\c1cccs1)/c1cnc2ccccc2c1. The molecule has 0 spiro atoms. The van der Waals surface area contributed by atoms with Gasteiger partial charge in [0.05, 0.1) is 5.52 Å². The van der Waals surface area contributed by atoms with E-state index in [1.807, 2.05) is 24.4 Å². The molecule has 1 aromatic carbocycles. The summed E-state index contributed by atoms with van der Waals surface area (Å²) >= 11 is 1.74. The third-order valence-corrected chi connectivity index (χ3v) is 3.43. The lowest BCUT2D eigenvalue weighted by Crippen LogP contribution is -1.79. The van der Waals surface area contributed by atoms with Crippen LogP contribution in [-0.2, 0) is 0 Å². The molecule has 2 aromatic heterocycles. The highest BCUT2D eigenvalue weighted by Gasteiger charge is 1.94. The minimum absolute atomic E-state index is 1.04. The van der Waals surface area contributed by atoms with Gasteiger partial charge in [0.15, 0.2) is 0 Å². The number of fused-ring (bicyclic) bond motifs is 1. The maximum Gasteiger partial charge on any atom is 0.0702 e. The van der Waals surface area contributed by atoms with Gasteiger partial charge in [-0.05, 0) is 35.2 Å². The van der Waals surface area contributed by atoms with Crippen LogP contribution in [0.3, 0.4) is 0 Å². The molecule has 0 radical (unpaired) electrons. The lowest BCUT2D eigenvalue weighted by molar-refractivity contribution is 1.40. The zero-order valence-electron chi connectivity index (χ0n) is 9.21. The normalized spacial score (nSPS) is 11.3. The summed E-state index contributed by atoms with van der Waals surface area (Å²) in [4.78, 5) is 5.70. The summed E-state index contributed by atoms with van der Waals surface area (Å²) < 4.78 is 0. The Labute approximate surface area is 104 Å². The average Bonchev–Trinajstić information content (AvgIpc) is 2.89. The number of hydrogen-bond donors (Lipinski definition) is 0. The van der Waals surface area contributed by atoms with Gasteiger partial charge in [0.1, 0.15) is 0 Å². The Bertz CT molecular complexity index is 654. The largest absolute Gasteiger partial charge is 0.256 e. The van der Waals surface area contributed by atoms with Crippen LogP contribution in [0.2, 0.25) is 0 Å². The number of thiophene rings is 1. The molecule has 0 bridgehead atoms. The van der Waals surface area contributed by atoms with Crippen LogP contribution in [0.4, 0.5) is 0 Å². The standard InChI is InChI=1S/C15H11NS/c1-2-6-15-13(4-1)10-12(11-16-15)7-8-14-5-3-9-17-14/h1-11H/b8-7+. The number of para-hydroxylation sites is 1. The van der Waals surface area contributed by atoms with Crippen LogP contribution in [0.15, 0.2) is 54.0 Å². The molecular weight excluding hydrogens is 226 g/mol. The minimum Gasteiger partial charge on any atom is -0.256 e. The van der Waals surface area contributed by atoms with E-state index in [0.717, 1.165) is 11.1 Å². The second-order valence-corrected chi connectivity index (χ2v) is 4.79. The van der Waals surface area contributed by atoms with Gasteiger partial charge in [-0.15, -0.1) is 11.3 Å². The van der Waals surface area contributed by atoms with E-state index in [4.69, 9.17) is 0 Å². The highest BCUT2D eigenvalue weighted by atomic mass is 32.1. The van der Waals surface area contributed by atoms with Crippen molar-refractivity contribution in [3.63, 3.8) is 0 Å². The molecule has 0 fully saturated rings. The molecule has 1 nitrogen and oxygen atoms in total. The Morgan fingerprint density at radius 3 is 2.82 bits per heavy atom. The summed E-state index contributed by atoms with van der Waals surface area (Å²) in [5.74, 6) is 0. The molecule has 0 aliphatic rings. The van der Waals surface area contributed by atoms with Crippen molar-refractivity contribution < 1.29 is 0 Å². The third kappa shape index (κ3) is 2.27. The minimum atomic E-state index is 1.04. The molecule has 0 atom stereocenters. The molecule has 0 saturated carbocycles. The molecule has 0 unspecified atom stereocenters. The van der Waals surface area contributed by atoms with Crippen LogP contribution in [0.1, 0.15) is 10.4 Å². The number of nitrogens with zero attached hydrogens (tertiary/aromatic N) is 1. The van der Waals surface area contributed by atoms with Gasteiger partial charge >= 0.3 is 0 Å². The van der Waals surface area contributed by atoms with Crippen LogP contribution < -0.4 is 0 Å². The summed E-state index contributed by atoms with van der Waals surface area (Å²) in [7, 11) is 0. The summed E-state index contributed by atoms with van der Waals surface area (Å²) in [5.41, 5.74) is 2.18. The van der Waals surface area contributed by atoms with Gasteiger partial charge in [0, 0.05) is 16.5 Å². The molecule has 3 aromatic rings. The number of rotatable bonds is 2. The van der Waals surface area contributed by atoms with E-state index in [-0.39, 0.29) is 0 Å². The number of hydrogen-bond acceptors (Lipinski definition) is 2. The fourth-order valence-corrected chi connectivity index (χ4v) is 2.36. The maximum absolute atomic E-state index is 4.43. The second kappa shape index (κ2) is 4.52. The van der Waals surface area contributed by atoms with Crippen LogP contribution in [-0.4, -0.2) is 4.98 Å². The number of benzene rings is 1. The molecule has 0 aliphatic carbocycles. The van der Waals surface area contributed by atoms with E-state index in [2.05, 4.69) is 46.8 Å². The summed E-state index contributed by atoms with van der Waals surface area (Å²) in [6, 6.07) is 14.5. The van der Waals surface area contributed by atoms with Crippen LogP contribution in [0.25, 0.3) is 23.1 Å². The van der Waals surface area contributed by atoms with Gasteiger partial charge in [0.25, 0.3) is 0 Å². The number of pyridine rings is 1. The summed E-state index contributed by atoms with van der Waals surface area (Å²) in [6.45, 7) is 0. The molecule has 0 saturated heterocycles. The van der Waals surface area contributed by atoms with E-state index in [1.165, 1.54) is 10.3 Å². The highest BCUT2D eigenvalue weighted by molar-refractivity contribution is 7.10. The fraction of sp³-hybridized carbons (Fsp3) is 0. The van der Waals surface area contributed by atoms with E-state index in [1.54, 1.807) is 11.3 Å². The molecule has 0 amide bonds. The van der Waals surface area contributed by atoms with Gasteiger partial charge in [-0.1, -0.05) is 30.3 Å². The molecule has 0 N–H and O–H groups in total. The topological polar surface area (TPSA) is 12.9 Å². The predicted octanol–water partition coefficient (Wildman–Crippen LogP) is 4.47. The lowest BCUT2D eigenvalue weighted by Gasteiger charge is -1.97. The molecule has 2 heteroatoms. The van der Waals surface area contributed by atoms with Crippen molar-refractivity contribution in [1.82, 2.24) is 4.98 Å². The molecule has 2 heterocycles. The van der Waals surface area contributed by atoms with E-state index in [9.17, 15) is 0 Å². The first-order chi connectivity index (χ1) is 8.42. The quantitative estimate of drug-likeness (QED) is 0.641. The predicted molar refractivity (Wildman–Crippen MR) is 75.0 cm³/mol. The molecule has 0 aliphatic heterocycles. The van der Waals surface area contributed by atoms with Gasteiger partial charge in [-0.25, -0.2) is 0 Å². The van der Waals surface area contributed by atoms with Gasteiger partial charge in [-0.3, -0.25) is 4.98 Å². The Hall–Kier alpha value is -1.93. The van der Waals surface area contributed by atoms with Crippen LogP contribution in [0, 0.1) is 0 Å². The van der Waals surface area contributed by atoms with E-state index < -0.39 is 0 Å².